The summed E-state index contributed by atoms with van der Waals surface area (Å²) in [7, 11) is -2.32. The summed E-state index contributed by atoms with van der Waals surface area (Å²) < 4.78 is 32.4. The molecule has 2 rings (SSSR count). The zero-order valence-electron chi connectivity index (χ0n) is 11.9. The predicted molar refractivity (Wildman–Crippen MR) is 84.7 cm³/mol. The van der Waals surface area contributed by atoms with E-state index in [1.165, 1.54) is 37.4 Å². The highest BCUT2D eigenvalue weighted by Crippen LogP contribution is 2.31. The minimum absolute atomic E-state index is 0.0719. The molecule has 0 aliphatic carbocycles. The van der Waals surface area contributed by atoms with E-state index in [0.717, 1.165) is 0 Å². The Labute approximate surface area is 134 Å². The first-order valence-corrected chi connectivity index (χ1v) is 8.10. The van der Waals surface area contributed by atoms with Gasteiger partial charge in [0.25, 0.3) is 10.0 Å². The van der Waals surface area contributed by atoms with Gasteiger partial charge in [-0.1, -0.05) is 11.6 Å². The van der Waals surface area contributed by atoms with E-state index in [1.54, 1.807) is 13.0 Å². The van der Waals surface area contributed by atoms with E-state index in [2.05, 4.69) is 4.72 Å². The van der Waals surface area contributed by atoms with E-state index in [9.17, 15) is 8.42 Å². The average Bonchev–Trinajstić information content (AvgIpc) is 2.49. The largest absolute Gasteiger partial charge is 0.495 e. The van der Waals surface area contributed by atoms with Crippen molar-refractivity contribution in [1.82, 2.24) is 0 Å². The van der Waals surface area contributed by atoms with Crippen molar-refractivity contribution in [3.63, 3.8) is 0 Å². The van der Waals surface area contributed by atoms with Crippen LogP contribution in [0.2, 0.25) is 5.02 Å². The van der Waals surface area contributed by atoms with E-state index in [4.69, 9.17) is 21.6 Å². The highest BCUT2D eigenvalue weighted by molar-refractivity contribution is 7.92. The molecule has 0 spiro atoms. The van der Waals surface area contributed by atoms with Crippen LogP contribution < -0.4 is 9.46 Å². The molecule has 0 atom stereocenters. The van der Waals surface area contributed by atoms with E-state index < -0.39 is 10.0 Å². The second-order valence-corrected chi connectivity index (χ2v) is 6.60. The number of rotatable bonds is 4. The molecule has 0 aliphatic heterocycles. The standard InChI is InChI=1S/C15H13ClN2O3S/c1-10-7-14(21-2)13(16)8-15(10)22(19,20)18-12-5-3-11(9-17)4-6-12/h3-8,18H,1-2H3. The van der Waals surface area contributed by atoms with Gasteiger partial charge in [-0.3, -0.25) is 4.72 Å². The lowest BCUT2D eigenvalue weighted by atomic mass is 10.2. The van der Waals surface area contributed by atoms with Gasteiger partial charge in [-0.25, -0.2) is 8.42 Å². The highest BCUT2D eigenvalue weighted by atomic mass is 35.5. The van der Waals surface area contributed by atoms with Crippen LogP contribution in [-0.2, 0) is 10.0 Å². The Kier molecular flexibility index (Phi) is 4.59. The van der Waals surface area contributed by atoms with Crippen LogP contribution >= 0.6 is 11.6 Å². The zero-order valence-corrected chi connectivity index (χ0v) is 13.5. The monoisotopic (exact) mass is 336 g/mol. The molecule has 114 valence electrons. The minimum atomic E-state index is -3.78. The van der Waals surface area contributed by atoms with Gasteiger partial charge in [0, 0.05) is 5.69 Å². The first-order chi connectivity index (χ1) is 10.4. The Hall–Kier alpha value is -2.23. The SMILES string of the molecule is COc1cc(C)c(S(=O)(=O)Nc2ccc(C#N)cc2)cc1Cl. The normalized spacial score (nSPS) is 10.8. The number of halogens is 1. The summed E-state index contributed by atoms with van der Waals surface area (Å²) in [5, 5.41) is 8.96. The third-order valence-electron chi connectivity index (χ3n) is 3.01. The smallest absolute Gasteiger partial charge is 0.262 e. The fourth-order valence-electron chi connectivity index (χ4n) is 1.91. The highest BCUT2D eigenvalue weighted by Gasteiger charge is 2.19. The van der Waals surface area contributed by atoms with Crippen LogP contribution in [0.1, 0.15) is 11.1 Å². The van der Waals surface area contributed by atoms with Crippen molar-refractivity contribution < 1.29 is 13.2 Å². The van der Waals surface area contributed by atoms with Crippen molar-refractivity contribution in [3.05, 3.63) is 52.5 Å². The molecule has 0 saturated carbocycles. The second kappa shape index (κ2) is 6.26. The van der Waals surface area contributed by atoms with Crippen molar-refractivity contribution in [2.24, 2.45) is 0 Å². The van der Waals surface area contributed by atoms with Crippen LogP contribution in [0.4, 0.5) is 5.69 Å². The van der Waals surface area contributed by atoms with Gasteiger partial charge in [0.15, 0.2) is 0 Å². The molecule has 0 aliphatic rings. The molecule has 0 saturated heterocycles. The van der Waals surface area contributed by atoms with Crippen LogP contribution in [0.25, 0.3) is 0 Å². The fourth-order valence-corrected chi connectivity index (χ4v) is 3.52. The van der Waals surface area contributed by atoms with E-state index in [0.29, 0.717) is 22.6 Å². The Morgan fingerprint density at radius 1 is 1.23 bits per heavy atom. The summed E-state index contributed by atoms with van der Waals surface area (Å²) in [4.78, 5) is 0.0719. The van der Waals surface area contributed by atoms with Gasteiger partial charge in [-0.05, 0) is 48.9 Å². The molecular formula is C15H13ClN2O3S. The number of nitriles is 1. The van der Waals surface area contributed by atoms with Crippen LogP contribution in [0, 0.1) is 18.3 Å². The van der Waals surface area contributed by atoms with Crippen molar-refractivity contribution in [2.45, 2.75) is 11.8 Å². The summed E-state index contributed by atoms with van der Waals surface area (Å²) in [5.74, 6) is 0.413. The number of sulfonamides is 1. The molecule has 0 bridgehead atoms. The minimum Gasteiger partial charge on any atom is -0.495 e. The number of nitrogens with zero attached hydrogens (tertiary/aromatic N) is 1. The number of aryl methyl sites for hydroxylation is 1. The van der Waals surface area contributed by atoms with Crippen molar-refractivity contribution in [2.75, 3.05) is 11.8 Å². The zero-order chi connectivity index (χ0) is 16.3. The number of methoxy groups -OCH3 is 1. The number of hydrogen-bond donors (Lipinski definition) is 1. The summed E-state index contributed by atoms with van der Waals surface area (Å²) >= 11 is 6.00. The maximum absolute atomic E-state index is 12.5. The summed E-state index contributed by atoms with van der Waals surface area (Å²) in [6, 6.07) is 11.0. The van der Waals surface area contributed by atoms with Crippen LogP contribution in [0.3, 0.4) is 0 Å². The second-order valence-electron chi connectivity index (χ2n) is 4.55. The summed E-state index contributed by atoms with van der Waals surface area (Å²) in [6.45, 7) is 1.66. The lowest BCUT2D eigenvalue weighted by Gasteiger charge is -2.12. The van der Waals surface area contributed by atoms with Gasteiger partial charge in [-0.2, -0.15) is 5.26 Å². The molecule has 0 aromatic heterocycles. The van der Waals surface area contributed by atoms with E-state index in [-0.39, 0.29) is 9.92 Å². The van der Waals surface area contributed by atoms with Crippen LogP contribution in [0.5, 0.6) is 5.75 Å². The number of hydrogen-bond acceptors (Lipinski definition) is 4. The quantitative estimate of drug-likeness (QED) is 0.928. The lowest BCUT2D eigenvalue weighted by Crippen LogP contribution is -2.14. The number of ether oxygens (including phenoxy) is 1. The molecule has 0 amide bonds. The van der Waals surface area contributed by atoms with Gasteiger partial charge in [0.05, 0.1) is 28.7 Å². The van der Waals surface area contributed by atoms with E-state index >= 15 is 0 Å². The summed E-state index contributed by atoms with van der Waals surface area (Å²) in [5.41, 5.74) is 1.33. The van der Waals surface area contributed by atoms with Gasteiger partial charge in [0.2, 0.25) is 0 Å². The summed E-state index contributed by atoms with van der Waals surface area (Å²) in [6.07, 6.45) is 0. The molecule has 7 heteroatoms. The maximum atomic E-state index is 12.5. The number of benzene rings is 2. The molecule has 5 nitrogen and oxygen atoms in total. The van der Waals surface area contributed by atoms with Crippen molar-refractivity contribution in [3.8, 4) is 11.8 Å². The van der Waals surface area contributed by atoms with Crippen molar-refractivity contribution in [1.29, 1.82) is 5.26 Å². The molecule has 0 fully saturated rings. The predicted octanol–water partition coefficient (Wildman–Crippen LogP) is 3.33. The number of nitrogens with one attached hydrogen (secondary N) is 1. The third-order valence-corrected chi connectivity index (χ3v) is 4.82. The number of anilines is 1. The molecule has 2 aromatic rings. The van der Waals surface area contributed by atoms with Crippen molar-refractivity contribution >= 4 is 27.3 Å². The fraction of sp³-hybridized carbons (Fsp3) is 0.133. The lowest BCUT2D eigenvalue weighted by molar-refractivity contribution is 0.414. The van der Waals surface area contributed by atoms with Crippen LogP contribution in [-0.4, -0.2) is 15.5 Å². The van der Waals surface area contributed by atoms with E-state index in [1.807, 2.05) is 6.07 Å². The first-order valence-electron chi connectivity index (χ1n) is 6.24. The van der Waals surface area contributed by atoms with Gasteiger partial charge < -0.3 is 4.74 Å². The molecule has 22 heavy (non-hydrogen) atoms. The third kappa shape index (κ3) is 3.32. The topological polar surface area (TPSA) is 79.2 Å². The molecular weight excluding hydrogens is 324 g/mol. The molecule has 1 N–H and O–H groups in total. The maximum Gasteiger partial charge on any atom is 0.262 e. The Morgan fingerprint density at radius 3 is 2.41 bits per heavy atom. The molecule has 0 radical (unpaired) electrons. The molecule has 2 aromatic carbocycles. The first kappa shape index (κ1) is 16.1. The Balaban J connectivity index is 2.38. The van der Waals surface area contributed by atoms with Gasteiger partial charge in [0.1, 0.15) is 5.75 Å². The Bertz CT molecular complexity index is 840. The van der Waals surface area contributed by atoms with Gasteiger partial charge in [-0.15, -0.1) is 0 Å². The Morgan fingerprint density at radius 2 is 1.86 bits per heavy atom. The molecule has 0 unspecified atom stereocenters. The van der Waals surface area contributed by atoms with Crippen LogP contribution in [0.15, 0.2) is 41.3 Å². The van der Waals surface area contributed by atoms with Gasteiger partial charge >= 0.3 is 0 Å². The average molecular weight is 337 g/mol. The molecule has 0 heterocycles.